The van der Waals surface area contributed by atoms with Gasteiger partial charge in [-0.3, -0.25) is 0 Å². The van der Waals surface area contributed by atoms with Crippen LogP contribution >= 0.6 is 11.3 Å². The zero-order valence-electron chi connectivity index (χ0n) is 9.10. The highest BCUT2D eigenvalue weighted by Crippen LogP contribution is 2.19. The van der Waals surface area contributed by atoms with Crippen LogP contribution in [0.4, 0.5) is 10.8 Å². The maximum Gasteiger partial charge on any atom is 0.134 e. The van der Waals surface area contributed by atoms with E-state index in [2.05, 4.69) is 20.6 Å². The summed E-state index contributed by atoms with van der Waals surface area (Å²) < 4.78 is 0. The zero-order chi connectivity index (χ0) is 11.2. The summed E-state index contributed by atoms with van der Waals surface area (Å²) in [6.07, 6.45) is 2.63. The monoisotopic (exact) mass is 234 g/mol. The first kappa shape index (κ1) is 11.0. The van der Waals surface area contributed by atoms with Crippen LogP contribution in [0.25, 0.3) is 0 Å². The maximum atomic E-state index is 4.43. The molecule has 0 atom stereocenters. The van der Waals surface area contributed by atoms with Crippen molar-refractivity contribution in [2.45, 2.75) is 6.42 Å². The average Bonchev–Trinajstić information content (AvgIpc) is 2.80. The highest BCUT2D eigenvalue weighted by atomic mass is 32.1. The SMILES string of the molecule is CNCCc1nccc(Nc2cccs2)n1. The van der Waals surface area contributed by atoms with E-state index in [0.29, 0.717) is 0 Å². The normalized spacial score (nSPS) is 10.3. The fraction of sp³-hybridized carbons (Fsp3) is 0.273. The first-order valence-electron chi connectivity index (χ1n) is 5.15. The van der Waals surface area contributed by atoms with E-state index in [1.807, 2.05) is 30.6 Å². The van der Waals surface area contributed by atoms with Gasteiger partial charge >= 0.3 is 0 Å². The van der Waals surface area contributed by atoms with Gasteiger partial charge in [-0.2, -0.15) is 0 Å². The van der Waals surface area contributed by atoms with Crippen molar-refractivity contribution in [1.82, 2.24) is 15.3 Å². The minimum absolute atomic E-state index is 0.844. The van der Waals surface area contributed by atoms with Gasteiger partial charge in [0.1, 0.15) is 11.6 Å². The average molecular weight is 234 g/mol. The summed E-state index contributed by atoms with van der Waals surface area (Å²) in [4.78, 5) is 8.65. The molecule has 2 N–H and O–H groups in total. The summed E-state index contributed by atoms with van der Waals surface area (Å²) in [5.41, 5.74) is 0. The second-order valence-corrected chi connectivity index (χ2v) is 4.26. The molecule has 4 nitrogen and oxygen atoms in total. The summed E-state index contributed by atoms with van der Waals surface area (Å²) in [5, 5.41) is 9.46. The van der Waals surface area contributed by atoms with Gasteiger partial charge in [0.15, 0.2) is 0 Å². The van der Waals surface area contributed by atoms with Crippen molar-refractivity contribution in [3.63, 3.8) is 0 Å². The lowest BCUT2D eigenvalue weighted by atomic mass is 10.4. The number of thiophene rings is 1. The Bertz CT molecular complexity index is 427. The fourth-order valence-electron chi connectivity index (χ4n) is 1.30. The standard InChI is InChI=1S/C11H14N4S/c1-12-6-4-9-13-7-5-10(14-9)15-11-3-2-8-16-11/h2-3,5,7-8,12H,4,6H2,1H3,(H,13,14,15). The third kappa shape index (κ3) is 3.01. The van der Waals surface area contributed by atoms with Crippen LogP contribution in [0, 0.1) is 0 Å². The van der Waals surface area contributed by atoms with E-state index in [1.54, 1.807) is 17.5 Å². The van der Waals surface area contributed by atoms with Crippen LogP contribution < -0.4 is 10.6 Å². The van der Waals surface area contributed by atoms with Crippen LogP contribution in [0.5, 0.6) is 0 Å². The van der Waals surface area contributed by atoms with Crippen molar-refractivity contribution < 1.29 is 0 Å². The Kier molecular flexibility index (Phi) is 3.85. The molecule has 0 spiro atoms. The van der Waals surface area contributed by atoms with E-state index in [9.17, 15) is 0 Å². The van der Waals surface area contributed by atoms with Crippen LogP contribution in [0.1, 0.15) is 5.82 Å². The number of hydrogen-bond acceptors (Lipinski definition) is 5. The smallest absolute Gasteiger partial charge is 0.134 e. The molecule has 0 unspecified atom stereocenters. The van der Waals surface area contributed by atoms with E-state index in [1.165, 1.54) is 0 Å². The lowest BCUT2D eigenvalue weighted by molar-refractivity contribution is 0.756. The Labute approximate surface area is 98.8 Å². The van der Waals surface area contributed by atoms with Gasteiger partial charge in [-0.1, -0.05) is 0 Å². The molecule has 0 aliphatic rings. The Morgan fingerprint density at radius 3 is 3.06 bits per heavy atom. The zero-order valence-corrected chi connectivity index (χ0v) is 9.92. The summed E-state index contributed by atoms with van der Waals surface area (Å²) in [5.74, 6) is 1.71. The van der Waals surface area contributed by atoms with Gasteiger partial charge in [0.05, 0.1) is 5.00 Å². The van der Waals surface area contributed by atoms with Crippen LogP contribution in [-0.2, 0) is 6.42 Å². The molecule has 0 fully saturated rings. The maximum absolute atomic E-state index is 4.43. The molecule has 16 heavy (non-hydrogen) atoms. The summed E-state index contributed by atoms with van der Waals surface area (Å²) in [6, 6.07) is 5.92. The minimum atomic E-state index is 0.844. The van der Waals surface area contributed by atoms with E-state index in [-0.39, 0.29) is 0 Å². The van der Waals surface area contributed by atoms with Crippen molar-refractivity contribution in [2.75, 3.05) is 18.9 Å². The van der Waals surface area contributed by atoms with Gasteiger partial charge in [0.2, 0.25) is 0 Å². The molecule has 2 rings (SSSR count). The van der Waals surface area contributed by atoms with Crippen molar-refractivity contribution in [3.05, 3.63) is 35.6 Å². The molecule has 84 valence electrons. The van der Waals surface area contributed by atoms with Crippen LogP contribution in [0.15, 0.2) is 29.8 Å². The lowest BCUT2D eigenvalue weighted by Crippen LogP contribution is -2.12. The van der Waals surface area contributed by atoms with Crippen LogP contribution in [-0.4, -0.2) is 23.6 Å². The third-order valence-corrected chi connectivity index (χ3v) is 2.86. The third-order valence-electron chi connectivity index (χ3n) is 2.08. The van der Waals surface area contributed by atoms with Gasteiger partial charge in [0, 0.05) is 19.2 Å². The predicted octanol–water partition coefficient (Wildman–Crippen LogP) is 2.04. The van der Waals surface area contributed by atoms with Gasteiger partial charge in [-0.25, -0.2) is 9.97 Å². The number of nitrogens with one attached hydrogen (secondary N) is 2. The van der Waals surface area contributed by atoms with E-state index in [0.717, 1.165) is 29.6 Å². The first-order valence-corrected chi connectivity index (χ1v) is 6.03. The van der Waals surface area contributed by atoms with E-state index in [4.69, 9.17) is 0 Å². The first-order chi connectivity index (χ1) is 7.88. The second-order valence-electron chi connectivity index (χ2n) is 3.31. The van der Waals surface area contributed by atoms with E-state index < -0.39 is 0 Å². The number of rotatable bonds is 5. The molecule has 0 aliphatic carbocycles. The van der Waals surface area contributed by atoms with Gasteiger partial charge in [0.25, 0.3) is 0 Å². The predicted molar refractivity (Wildman–Crippen MR) is 67.3 cm³/mol. The van der Waals surface area contributed by atoms with Gasteiger partial charge in [-0.05, 0) is 30.6 Å². The minimum Gasteiger partial charge on any atom is -0.332 e. The molecule has 0 aromatic carbocycles. The highest BCUT2D eigenvalue weighted by Gasteiger charge is 1.99. The molecule has 2 aromatic rings. The highest BCUT2D eigenvalue weighted by molar-refractivity contribution is 7.14. The fourth-order valence-corrected chi connectivity index (χ4v) is 1.93. The summed E-state index contributed by atoms with van der Waals surface area (Å²) in [7, 11) is 1.92. The molecule has 0 bridgehead atoms. The Hall–Kier alpha value is -1.46. The molecule has 2 heterocycles. The largest absolute Gasteiger partial charge is 0.332 e. The number of aromatic nitrogens is 2. The summed E-state index contributed by atoms with van der Waals surface area (Å²) >= 11 is 1.66. The number of hydrogen-bond donors (Lipinski definition) is 2. The number of nitrogens with zero attached hydrogens (tertiary/aromatic N) is 2. The molecule has 0 radical (unpaired) electrons. The molecule has 0 saturated heterocycles. The summed E-state index contributed by atoms with van der Waals surface area (Å²) in [6.45, 7) is 0.891. The quantitative estimate of drug-likeness (QED) is 0.831. The van der Waals surface area contributed by atoms with E-state index >= 15 is 0 Å². The van der Waals surface area contributed by atoms with Crippen LogP contribution in [0.2, 0.25) is 0 Å². The molecule has 5 heteroatoms. The van der Waals surface area contributed by atoms with Crippen molar-refractivity contribution >= 4 is 22.2 Å². The molecule has 0 amide bonds. The topological polar surface area (TPSA) is 49.8 Å². The second kappa shape index (κ2) is 5.58. The van der Waals surface area contributed by atoms with Crippen molar-refractivity contribution in [3.8, 4) is 0 Å². The molecular formula is C11H14N4S. The van der Waals surface area contributed by atoms with Crippen molar-refractivity contribution in [2.24, 2.45) is 0 Å². The lowest BCUT2D eigenvalue weighted by Gasteiger charge is -2.04. The molecule has 2 aromatic heterocycles. The Balaban J connectivity index is 2.04. The number of likely N-dealkylation sites (N-methyl/N-ethyl adjacent to an activating group) is 1. The molecule has 0 aliphatic heterocycles. The van der Waals surface area contributed by atoms with Crippen molar-refractivity contribution in [1.29, 1.82) is 0 Å². The Morgan fingerprint density at radius 1 is 1.38 bits per heavy atom. The number of anilines is 2. The van der Waals surface area contributed by atoms with Gasteiger partial charge in [-0.15, -0.1) is 11.3 Å². The van der Waals surface area contributed by atoms with Gasteiger partial charge < -0.3 is 10.6 Å². The molecule has 0 saturated carbocycles. The molecular weight excluding hydrogens is 220 g/mol. The van der Waals surface area contributed by atoms with Crippen LogP contribution in [0.3, 0.4) is 0 Å². The Morgan fingerprint density at radius 2 is 2.31 bits per heavy atom.